The van der Waals surface area contributed by atoms with Crippen molar-refractivity contribution >= 4 is 34.9 Å². The topological polar surface area (TPSA) is 88.5 Å². The Bertz CT molecular complexity index is 1040. The summed E-state index contributed by atoms with van der Waals surface area (Å²) in [5.41, 5.74) is 2.12. The summed E-state index contributed by atoms with van der Waals surface area (Å²) in [6.07, 6.45) is 3.75. The van der Waals surface area contributed by atoms with Crippen LogP contribution in [0.1, 0.15) is 6.42 Å². The van der Waals surface area contributed by atoms with Crippen LogP contribution in [0.4, 0.5) is 16.2 Å². The molecule has 2 aromatic carbocycles. The number of carbonyl (C=O) groups is 2. The molecule has 0 radical (unpaired) electrons. The van der Waals surface area contributed by atoms with Crippen LogP contribution in [0.3, 0.4) is 0 Å². The Balaban J connectivity index is 1.44. The Labute approximate surface area is 184 Å². The highest BCUT2D eigenvalue weighted by atomic mass is 35.5. The molecule has 1 aliphatic heterocycles. The number of amides is 3. The van der Waals surface area contributed by atoms with Crippen molar-refractivity contribution in [3.8, 4) is 5.69 Å². The van der Waals surface area contributed by atoms with Gasteiger partial charge in [0.15, 0.2) is 0 Å². The molecule has 1 saturated heterocycles. The molecule has 1 aromatic heterocycles. The molecule has 3 amide bonds. The summed E-state index contributed by atoms with van der Waals surface area (Å²) in [4.78, 5) is 27.3. The van der Waals surface area contributed by atoms with Crippen molar-refractivity contribution in [1.82, 2.24) is 14.7 Å². The minimum atomic E-state index is -0.650. The normalized spacial score (nSPS) is 18.1. The molecule has 4 rings (SSSR count). The average molecular weight is 440 g/mol. The number of likely N-dealkylation sites (tertiary alicyclic amines) is 1. The van der Waals surface area contributed by atoms with Gasteiger partial charge in [-0.1, -0.05) is 11.6 Å². The Kier molecular flexibility index (Phi) is 6.20. The van der Waals surface area contributed by atoms with Crippen LogP contribution in [0.2, 0.25) is 5.02 Å². The van der Waals surface area contributed by atoms with Gasteiger partial charge in [0.2, 0.25) is 5.91 Å². The molecule has 0 spiro atoms. The lowest BCUT2D eigenvalue weighted by atomic mass is 10.1. The SMILES string of the molecule is COC1CC(C(=O)Nc2ccc(-n3cccn3)cc2)N(C(=O)Nc2ccc(Cl)cc2)C1. The molecule has 9 heteroatoms. The molecule has 8 nitrogen and oxygen atoms in total. The number of rotatable bonds is 5. The number of carbonyl (C=O) groups excluding carboxylic acids is 2. The number of hydrogen-bond acceptors (Lipinski definition) is 4. The van der Waals surface area contributed by atoms with E-state index in [-0.39, 0.29) is 18.0 Å². The van der Waals surface area contributed by atoms with Crippen LogP contribution in [0.15, 0.2) is 67.0 Å². The van der Waals surface area contributed by atoms with Crippen LogP contribution in [0, 0.1) is 0 Å². The molecular formula is C22H22ClN5O3. The van der Waals surface area contributed by atoms with E-state index in [1.54, 1.807) is 54.4 Å². The van der Waals surface area contributed by atoms with E-state index >= 15 is 0 Å². The minimum absolute atomic E-state index is 0.214. The second-order valence-electron chi connectivity index (χ2n) is 7.19. The zero-order chi connectivity index (χ0) is 21.8. The highest BCUT2D eigenvalue weighted by molar-refractivity contribution is 6.30. The number of halogens is 1. The molecule has 2 atom stereocenters. The van der Waals surface area contributed by atoms with E-state index in [4.69, 9.17) is 16.3 Å². The summed E-state index contributed by atoms with van der Waals surface area (Å²) in [7, 11) is 1.58. The molecule has 3 aromatic rings. The highest BCUT2D eigenvalue weighted by Crippen LogP contribution is 2.24. The van der Waals surface area contributed by atoms with Gasteiger partial charge >= 0.3 is 6.03 Å². The third-order valence-corrected chi connectivity index (χ3v) is 5.41. The third kappa shape index (κ3) is 4.87. The first-order chi connectivity index (χ1) is 15.0. The number of urea groups is 1. The predicted molar refractivity (Wildman–Crippen MR) is 119 cm³/mol. The van der Waals surface area contributed by atoms with Gasteiger partial charge in [0.1, 0.15) is 6.04 Å². The lowest BCUT2D eigenvalue weighted by Crippen LogP contribution is -2.45. The fourth-order valence-electron chi connectivity index (χ4n) is 3.51. The quantitative estimate of drug-likeness (QED) is 0.633. The maximum atomic E-state index is 13.0. The van der Waals surface area contributed by atoms with E-state index in [0.717, 1.165) is 5.69 Å². The highest BCUT2D eigenvalue weighted by Gasteiger charge is 2.40. The van der Waals surface area contributed by atoms with Crippen molar-refractivity contribution in [2.24, 2.45) is 0 Å². The van der Waals surface area contributed by atoms with E-state index in [9.17, 15) is 9.59 Å². The zero-order valence-electron chi connectivity index (χ0n) is 16.9. The van der Waals surface area contributed by atoms with Crippen LogP contribution < -0.4 is 10.6 Å². The van der Waals surface area contributed by atoms with Crippen LogP contribution in [-0.4, -0.2) is 52.4 Å². The maximum absolute atomic E-state index is 13.0. The van der Waals surface area contributed by atoms with Crippen molar-refractivity contribution in [3.63, 3.8) is 0 Å². The lowest BCUT2D eigenvalue weighted by Gasteiger charge is -2.24. The number of benzene rings is 2. The smallest absolute Gasteiger partial charge is 0.322 e. The molecule has 31 heavy (non-hydrogen) atoms. The largest absolute Gasteiger partial charge is 0.380 e. The van der Waals surface area contributed by atoms with Gasteiger partial charge in [-0.2, -0.15) is 5.10 Å². The standard InChI is InChI=1S/C22H22ClN5O3/c1-31-19-13-20(27(14-19)22(30)26-17-5-3-15(23)4-6-17)21(29)25-16-7-9-18(10-8-16)28-12-2-11-24-28/h2-12,19-20H,13-14H2,1H3,(H,25,29)(H,26,30). The predicted octanol–water partition coefficient (Wildman–Crippen LogP) is 3.79. The summed E-state index contributed by atoms with van der Waals surface area (Å²) in [6.45, 7) is 0.326. The number of nitrogens with zero attached hydrogens (tertiary/aromatic N) is 3. The van der Waals surface area contributed by atoms with Gasteiger partial charge in [-0.05, 0) is 54.6 Å². The first-order valence-corrected chi connectivity index (χ1v) is 10.2. The zero-order valence-corrected chi connectivity index (χ0v) is 17.6. The number of ether oxygens (including phenoxy) is 1. The Morgan fingerprint density at radius 3 is 2.39 bits per heavy atom. The fraction of sp³-hybridized carbons (Fsp3) is 0.227. The number of aromatic nitrogens is 2. The summed E-state index contributed by atoms with van der Waals surface area (Å²) in [5, 5.41) is 10.5. The van der Waals surface area contributed by atoms with Gasteiger partial charge in [0.05, 0.1) is 11.8 Å². The van der Waals surface area contributed by atoms with Gasteiger partial charge in [-0.15, -0.1) is 0 Å². The molecule has 160 valence electrons. The van der Waals surface area contributed by atoms with E-state index in [0.29, 0.717) is 29.4 Å². The molecule has 2 heterocycles. The Hall–Kier alpha value is -3.36. The number of methoxy groups -OCH3 is 1. The van der Waals surface area contributed by atoms with Crippen molar-refractivity contribution in [2.45, 2.75) is 18.6 Å². The van der Waals surface area contributed by atoms with Crippen molar-refractivity contribution in [1.29, 1.82) is 0 Å². The van der Waals surface area contributed by atoms with Crippen molar-refractivity contribution < 1.29 is 14.3 Å². The molecule has 2 unspecified atom stereocenters. The van der Waals surface area contributed by atoms with Crippen LogP contribution >= 0.6 is 11.6 Å². The second kappa shape index (κ2) is 9.20. The molecule has 1 aliphatic rings. The Morgan fingerprint density at radius 1 is 1.06 bits per heavy atom. The summed E-state index contributed by atoms with van der Waals surface area (Å²) in [6, 6.07) is 14.9. The van der Waals surface area contributed by atoms with Gasteiger partial charge in [0, 0.05) is 48.9 Å². The van der Waals surface area contributed by atoms with E-state index < -0.39 is 6.04 Å². The third-order valence-electron chi connectivity index (χ3n) is 5.16. The number of hydrogen-bond donors (Lipinski definition) is 2. The molecule has 0 bridgehead atoms. The molecule has 0 saturated carbocycles. The maximum Gasteiger partial charge on any atom is 0.322 e. The monoisotopic (exact) mass is 439 g/mol. The average Bonchev–Trinajstić information content (AvgIpc) is 3.46. The second-order valence-corrected chi connectivity index (χ2v) is 7.62. The van der Waals surface area contributed by atoms with Crippen LogP contribution in [-0.2, 0) is 9.53 Å². The van der Waals surface area contributed by atoms with Crippen molar-refractivity contribution in [3.05, 3.63) is 72.0 Å². The minimum Gasteiger partial charge on any atom is -0.380 e. The van der Waals surface area contributed by atoms with E-state index in [1.807, 2.05) is 24.4 Å². The summed E-state index contributed by atoms with van der Waals surface area (Å²) in [5.74, 6) is -0.266. The molecular weight excluding hydrogens is 418 g/mol. The summed E-state index contributed by atoms with van der Waals surface area (Å²) < 4.78 is 7.15. The molecule has 1 fully saturated rings. The number of anilines is 2. The molecule has 0 aliphatic carbocycles. The van der Waals surface area contributed by atoms with Gasteiger partial charge in [0.25, 0.3) is 0 Å². The summed E-state index contributed by atoms with van der Waals surface area (Å²) >= 11 is 5.90. The van der Waals surface area contributed by atoms with Gasteiger partial charge in [-0.3, -0.25) is 4.79 Å². The van der Waals surface area contributed by atoms with E-state index in [2.05, 4.69) is 15.7 Å². The Morgan fingerprint density at radius 2 is 1.74 bits per heavy atom. The first kappa shape index (κ1) is 20.9. The first-order valence-electron chi connectivity index (χ1n) is 9.80. The van der Waals surface area contributed by atoms with Gasteiger partial charge < -0.3 is 20.3 Å². The fourth-order valence-corrected chi connectivity index (χ4v) is 3.64. The molecule has 2 N–H and O–H groups in total. The van der Waals surface area contributed by atoms with Crippen LogP contribution in [0.5, 0.6) is 0 Å². The number of nitrogens with one attached hydrogen (secondary N) is 2. The van der Waals surface area contributed by atoms with Gasteiger partial charge in [-0.25, -0.2) is 9.48 Å². The van der Waals surface area contributed by atoms with E-state index in [1.165, 1.54) is 4.90 Å². The lowest BCUT2D eigenvalue weighted by molar-refractivity contribution is -0.119. The van der Waals surface area contributed by atoms with Crippen molar-refractivity contribution in [2.75, 3.05) is 24.3 Å². The van der Waals surface area contributed by atoms with Crippen LogP contribution in [0.25, 0.3) is 5.69 Å².